The van der Waals surface area contributed by atoms with E-state index in [4.69, 9.17) is 0 Å². The van der Waals surface area contributed by atoms with Gasteiger partial charge in [-0.15, -0.1) is 0 Å². The number of nitrogens with zero attached hydrogens (tertiary/aromatic N) is 1. The Balaban J connectivity index is 1.86. The number of fused-ring (bicyclic) bond motifs is 2. The molecule has 1 aromatic carbocycles. The van der Waals surface area contributed by atoms with E-state index in [0.29, 0.717) is 25.8 Å². The summed E-state index contributed by atoms with van der Waals surface area (Å²) in [5, 5.41) is 2.51. The highest BCUT2D eigenvalue weighted by Gasteiger charge is 2.61. The van der Waals surface area contributed by atoms with E-state index in [-0.39, 0.29) is 17.7 Å². The molecule has 1 N–H and O–H groups in total. The Morgan fingerprint density at radius 2 is 1.52 bits per heavy atom. The van der Waals surface area contributed by atoms with Crippen LogP contribution in [0.5, 0.6) is 0 Å². The second-order valence-corrected chi connectivity index (χ2v) is 8.64. The third-order valence-electron chi connectivity index (χ3n) is 5.79. The molecule has 5 heteroatoms. The van der Waals surface area contributed by atoms with Crippen LogP contribution in [0.2, 0.25) is 0 Å². The lowest BCUT2D eigenvalue weighted by Crippen LogP contribution is -2.63. The number of carbonyl (C=O) groups excluding carboxylic acids is 3. The second-order valence-electron chi connectivity index (χ2n) is 8.64. The molecule has 0 radical (unpaired) electrons. The molecule has 25 heavy (non-hydrogen) atoms. The fourth-order valence-electron chi connectivity index (χ4n) is 5.04. The van der Waals surface area contributed by atoms with Crippen LogP contribution in [0.15, 0.2) is 30.3 Å². The summed E-state index contributed by atoms with van der Waals surface area (Å²) in [7, 11) is 1.79. The van der Waals surface area contributed by atoms with Crippen molar-refractivity contribution in [2.75, 3.05) is 7.05 Å². The number of piperidine rings is 1. The largest absolute Gasteiger partial charge is 0.341 e. The van der Waals surface area contributed by atoms with Crippen LogP contribution in [0, 0.1) is 16.2 Å². The van der Waals surface area contributed by atoms with E-state index >= 15 is 0 Å². The fraction of sp³-hybridized carbons (Fsp3) is 0.550. The van der Waals surface area contributed by atoms with E-state index in [1.165, 1.54) is 0 Å². The molecule has 1 saturated carbocycles. The molecule has 3 amide bonds. The van der Waals surface area contributed by atoms with Crippen molar-refractivity contribution in [2.45, 2.75) is 46.6 Å². The van der Waals surface area contributed by atoms with Crippen molar-refractivity contribution in [2.24, 2.45) is 16.2 Å². The first-order valence-electron chi connectivity index (χ1n) is 8.73. The van der Waals surface area contributed by atoms with Crippen LogP contribution < -0.4 is 5.32 Å². The maximum Gasteiger partial charge on any atom is 0.232 e. The average molecular weight is 342 g/mol. The summed E-state index contributed by atoms with van der Waals surface area (Å²) in [6.45, 7) is 6.16. The zero-order chi connectivity index (χ0) is 18.5. The maximum atomic E-state index is 13.2. The van der Waals surface area contributed by atoms with Crippen molar-refractivity contribution in [3.8, 4) is 0 Å². The van der Waals surface area contributed by atoms with Gasteiger partial charge >= 0.3 is 0 Å². The number of nitrogens with one attached hydrogen (secondary N) is 1. The quantitative estimate of drug-likeness (QED) is 0.858. The Hall–Kier alpha value is -2.17. The summed E-state index contributed by atoms with van der Waals surface area (Å²) in [5.74, 6) is -0.505. The van der Waals surface area contributed by atoms with Crippen molar-refractivity contribution >= 4 is 17.7 Å². The van der Waals surface area contributed by atoms with Crippen LogP contribution in [0.4, 0.5) is 0 Å². The second kappa shape index (κ2) is 5.68. The van der Waals surface area contributed by atoms with Crippen LogP contribution in [0.25, 0.3) is 0 Å². The third kappa shape index (κ3) is 2.96. The molecule has 2 unspecified atom stereocenters. The van der Waals surface area contributed by atoms with Crippen LogP contribution in [0.1, 0.15) is 45.6 Å². The highest BCUT2D eigenvalue weighted by atomic mass is 16.2. The average Bonchev–Trinajstić information content (AvgIpc) is 2.52. The summed E-state index contributed by atoms with van der Waals surface area (Å²) < 4.78 is 0. The van der Waals surface area contributed by atoms with Gasteiger partial charge in [-0.25, -0.2) is 0 Å². The van der Waals surface area contributed by atoms with E-state index in [1.54, 1.807) is 11.9 Å². The van der Waals surface area contributed by atoms with Gasteiger partial charge in [0.25, 0.3) is 0 Å². The number of hydrogen-bond acceptors (Lipinski definition) is 3. The van der Waals surface area contributed by atoms with Crippen molar-refractivity contribution < 1.29 is 14.4 Å². The zero-order valence-corrected chi connectivity index (χ0v) is 15.4. The van der Waals surface area contributed by atoms with Gasteiger partial charge in [-0.05, 0) is 24.8 Å². The molecule has 3 rings (SSSR count). The minimum absolute atomic E-state index is 0.00370. The minimum atomic E-state index is -0.724. The molecule has 1 aliphatic carbocycles. The predicted molar refractivity (Wildman–Crippen MR) is 94.2 cm³/mol. The fourth-order valence-corrected chi connectivity index (χ4v) is 5.04. The van der Waals surface area contributed by atoms with E-state index in [0.717, 1.165) is 5.56 Å². The first-order valence-corrected chi connectivity index (χ1v) is 8.73. The molecule has 2 aliphatic rings. The summed E-state index contributed by atoms with van der Waals surface area (Å²) in [6, 6.07) is 9.82. The molecule has 1 heterocycles. The molecule has 2 atom stereocenters. The highest BCUT2D eigenvalue weighted by Crippen LogP contribution is 2.57. The highest BCUT2D eigenvalue weighted by molar-refractivity contribution is 6.04. The molecular weight excluding hydrogens is 316 g/mol. The lowest BCUT2D eigenvalue weighted by Gasteiger charge is -2.53. The molecule has 1 aliphatic heterocycles. The third-order valence-corrected chi connectivity index (χ3v) is 5.79. The number of benzene rings is 1. The molecule has 134 valence electrons. The molecule has 2 bridgehead atoms. The molecule has 2 fully saturated rings. The van der Waals surface area contributed by atoms with E-state index in [2.05, 4.69) is 5.32 Å². The van der Waals surface area contributed by atoms with Gasteiger partial charge in [0.1, 0.15) is 0 Å². The van der Waals surface area contributed by atoms with Gasteiger partial charge in [0.2, 0.25) is 17.7 Å². The monoisotopic (exact) mass is 342 g/mol. The SMILES string of the molecule is CN(Cc1ccccc1)C(=O)C1(C)CC2(C)CC(C)(C1)C(=O)NC2=O. The minimum Gasteiger partial charge on any atom is -0.341 e. The summed E-state index contributed by atoms with van der Waals surface area (Å²) in [4.78, 5) is 39.7. The summed E-state index contributed by atoms with van der Waals surface area (Å²) in [5.41, 5.74) is -1.03. The van der Waals surface area contributed by atoms with Gasteiger partial charge in [0.05, 0.1) is 0 Å². The first-order chi connectivity index (χ1) is 11.6. The van der Waals surface area contributed by atoms with Crippen molar-refractivity contribution in [1.82, 2.24) is 10.2 Å². The number of rotatable bonds is 3. The van der Waals surface area contributed by atoms with E-state index < -0.39 is 16.2 Å². The van der Waals surface area contributed by atoms with E-state index in [1.807, 2.05) is 51.1 Å². The number of imide groups is 1. The molecule has 1 aromatic rings. The molecule has 1 saturated heterocycles. The number of amides is 3. The van der Waals surface area contributed by atoms with Gasteiger partial charge in [0, 0.05) is 29.8 Å². The number of carbonyl (C=O) groups is 3. The molecule has 0 aromatic heterocycles. The Labute approximate surface area is 148 Å². The standard InChI is InChI=1S/C20H26N2O3/c1-18-11-19(2,16(24)21-15(18)23)13-20(3,12-18)17(25)22(4)10-14-8-6-5-7-9-14/h5-9H,10-13H2,1-4H3,(H,21,23,24). The van der Waals surface area contributed by atoms with Gasteiger partial charge in [-0.1, -0.05) is 51.1 Å². The van der Waals surface area contributed by atoms with Gasteiger partial charge in [-0.2, -0.15) is 0 Å². The smallest absolute Gasteiger partial charge is 0.232 e. The predicted octanol–water partition coefficient (Wildman–Crippen LogP) is 2.50. The summed E-state index contributed by atoms with van der Waals surface area (Å²) in [6.07, 6.45) is 1.44. The summed E-state index contributed by atoms with van der Waals surface area (Å²) >= 11 is 0. The Morgan fingerprint density at radius 3 is 2.04 bits per heavy atom. The Kier molecular flexibility index (Phi) is 4.01. The molecular formula is C20H26N2O3. The lowest BCUT2D eigenvalue weighted by atomic mass is 9.52. The Morgan fingerprint density at radius 1 is 1.00 bits per heavy atom. The van der Waals surface area contributed by atoms with Crippen LogP contribution >= 0.6 is 0 Å². The zero-order valence-electron chi connectivity index (χ0n) is 15.4. The molecule has 0 spiro atoms. The molecule has 5 nitrogen and oxygen atoms in total. The first kappa shape index (κ1) is 17.6. The van der Waals surface area contributed by atoms with Gasteiger partial charge in [0.15, 0.2) is 0 Å². The Bertz CT molecular complexity index is 702. The normalized spacial score (nSPS) is 34.4. The van der Waals surface area contributed by atoms with Crippen LogP contribution in [-0.4, -0.2) is 29.7 Å². The van der Waals surface area contributed by atoms with E-state index in [9.17, 15) is 14.4 Å². The van der Waals surface area contributed by atoms with Crippen molar-refractivity contribution in [1.29, 1.82) is 0 Å². The maximum absolute atomic E-state index is 13.2. The number of hydrogen-bond donors (Lipinski definition) is 1. The van der Waals surface area contributed by atoms with Gasteiger partial charge < -0.3 is 4.90 Å². The topological polar surface area (TPSA) is 66.5 Å². The van der Waals surface area contributed by atoms with Crippen LogP contribution in [0.3, 0.4) is 0 Å². The van der Waals surface area contributed by atoms with Gasteiger partial charge in [-0.3, -0.25) is 19.7 Å². The van der Waals surface area contributed by atoms with Crippen molar-refractivity contribution in [3.63, 3.8) is 0 Å². The van der Waals surface area contributed by atoms with Crippen LogP contribution in [-0.2, 0) is 20.9 Å². The lowest BCUT2D eigenvalue weighted by molar-refractivity contribution is -0.167. The van der Waals surface area contributed by atoms with Crippen molar-refractivity contribution in [3.05, 3.63) is 35.9 Å².